The maximum atomic E-state index is 9.53. The van der Waals surface area contributed by atoms with Gasteiger partial charge in [-0.3, -0.25) is 0 Å². The van der Waals surface area contributed by atoms with Gasteiger partial charge in [-0.15, -0.1) is 0 Å². The molecule has 0 bridgehead atoms. The molecule has 1 heterocycles. The van der Waals surface area contributed by atoms with E-state index < -0.39 is 0 Å². The predicted molar refractivity (Wildman–Crippen MR) is 74.8 cm³/mol. The minimum absolute atomic E-state index is 0.241. The van der Waals surface area contributed by atoms with Gasteiger partial charge in [-0.25, -0.2) is 0 Å². The lowest BCUT2D eigenvalue weighted by molar-refractivity contribution is 0.167. The lowest BCUT2D eigenvalue weighted by Crippen LogP contribution is -2.25. The molecule has 1 aromatic carbocycles. The first-order valence-electron chi connectivity index (χ1n) is 6.89. The van der Waals surface area contributed by atoms with Crippen molar-refractivity contribution in [2.45, 2.75) is 45.4 Å². The van der Waals surface area contributed by atoms with Crippen molar-refractivity contribution in [3.63, 3.8) is 0 Å². The van der Waals surface area contributed by atoms with Crippen molar-refractivity contribution < 1.29 is 14.6 Å². The summed E-state index contributed by atoms with van der Waals surface area (Å²) >= 11 is 0. The van der Waals surface area contributed by atoms with E-state index in [2.05, 4.69) is 18.3 Å². The van der Waals surface area contributed by atoms with Gasteiger partial charge in [0.25, 0.3) is 0 Å². The smallest absolute Gasteiger partial charge is 0.123 e. The number of benzene rings is 1. The Hall–Kier alpha value is -1.26. The van der Waals surface area contributed by atoms with E-state index in [1.807, 2.05) is 13.0 Å². The second-order valence-electron chi connectivity index (χ2n) is 5.10. The van der Waals surface area contributed by atoms with Crippen LogP contribution in [0, 0.1) is 0 Å². The number of ether oxygens (including phenoxy) is 2. The zero-order chi connectivity index (χ0) is 13.8. The number of fused-ring (bicyclic) bond motifs is 1. The molecule has 0 fully saturated rings. The Bertz CT molecular complexity index is 434. The number of methoxy groups -OCH3 is 1. The van der Waals surface area contributed by atoms with E-state index in [1.54, 1.807) is 7.11 Å². The summed E-state index contributed by atoms with van der Waals surface area (Å²) in [5.41, 5.74) is 2.28. The maximum absolute atomic E-state index is 9.53. The lowest BCUT2D eigenvalue weighted by Gasteiger charge is -2.13. The maximum Gasteiger partial charge on any atom is 0.123 e. The van der Waals surface area contributed by atoms with Crippen molar-refractivity contribution in [3.8, 4) is 11.5 Å². The minimum Gasteiger partial charge on any atom is -0.496 e. The van der Waals surface area contributed by atoms with Crippen LogP contribution in [0.1, 0.15) is 31.4 Å². The molecule has 1 aliphatic heterocycles. The number of nitrogens with one attached hydrogen (secondary N) is 1. The largest absolute Gasteiger partial charge is 0.496 e. The zero-order valence-corrected chi connectivity index (χ0v) is 11.9. The third-order valence-electron chi connectivity index (χ3n) is 3.47. The molecule has 0 spiro atoms. The normalized spacial score (nSPS) is 18.8. The fraction of sp³-hybridized carbons (Fsp3) is 0.600. The summed E-state index contributed by atoms with van der Waals surface area (Å²) in [6.45, 7) is 5.30. The van der Waals surface area contributed by atoms with E-state index in [-0.39, 0.29) is 12.2 Å². The predicted octanol–water partition coefficient (Wildman–Crippen LogP) is 1.88. The van der Waals surface area contributed by atoms with E-state index in [0.717, 1.165) is 29.9 Å². The molecule has 106 valence electrons. The number of rotatable bonds is 6. The summed E-state index contributed by atoms with van der Waals surface area (Å²) in [5, 5.41) is 12.8. The summed E-state index contributed by atoms with van der Waals surface area (Å²) in [6, 6.07) is 4.11. The van der Waals surface area contributed by atoms with Crippen molar-refractivity contribution in [1.82, 2.24) is 5.32 Å². The standard InChI is InChI=1S/C15H23NO3/c1-4-13(17)9-16-8-12-7-15-11(5-10(2)19-15)6-14(12)18-3/h6-7,10,13,16-17H,4-5,8-9H2,1-3H3. The highest BCUT2D eigenvalue weighted by Gasteiger charge is 2.21. The number of aliphatic hydroxyl groups excluding tert-OH is 1. The number of hydrogen-bond acceptors (Lipinski definition) is 4. The Kier molecular flexibility index (Phi) is 4.66. The van der Waals surface area contributed by atoms with Gasteiger partial charge in [0.2, 0.25) is 0 Å². The summed E-state index contributed by atoms with van der Waals surface area (Å²) in [7, 11) is 1.69. The van der Waals surface area contributed by atoms with E-state index in [0.29, 0.717) is 13.1 Å². The van der Waals surface area contributed by atoms with Gasteiger partial charge >= 0.3 is 0 Å². The average molecular weight is 265 g/mol. The Morgan fingerprint density at radius 3 is 3.00 bits per heavy atom. The van der Waals surface area contributed by atoms with Crippen molar-refractivity contribution in [2.24, 2.45) is 0 Å². The molecule has 0 amide bonds. The molecule has 19 heavy (non-hydrogen) atoms. The first-order valence-corrected chi connectivity index (χ1v) is 6.89. The van der Waals surface area contributed by atoms with Crippen LogP contribution in [0.5, 0.6) is 11.5 Å². The van der Waals surface area contributed by atoms with Crippen LogP contribution < -0.4 is 14.8 Å². The third-order valence-corrected chi connectivity index (χ3v) is 3.47. The highest BCUT2D eigenvalue weighted by atomic mass is 16.5. The van der Waals surface area contributed by atoms with Gasteiger partial charge in [-0.1, -0.05) is 6.92 Å². The van der Waals surface area contributed by atoms with Gasteiger partial charge in [0.05, 0.1) is 13.2 Å². The van der Waals surface area contributed by atoms with Crippen LogP contribution in [0.2, 0.25) is 0 Å². The van der Waals surface area contributed by atoms with Crippen LogP contribution in [0.4, 0.5) is 0 Å². The molecular formula is C15H23NO3. The van der Waals surface area contributed by atoms with E-state index in [4.69, 9.17) is 9.47 Å². The van der Waals surface area contributed by atoms with Gasteiger partial charge in [0, 0.05) is 30.6 Å². The Morgan fingerprint density at radius 1 is 1.53 bits per heavy atom. The minimum atomic E-state index is -0.295. The Labute approximate surface area is 114 Å². The molecule has 0 radical (unpaired) electrons. The van der Waals surface area contributed by atoms with Crippen LogP contribution in [-0.4, -0.2) is 31.0 Å². The molecular weight excluding hydrogens is 242 g/mol. The molecule has 0 saturated carbocycles. The molecule has 2 atom stereocenters. The van der Waals surface area contributed by atoms with Gasteiger partial charge in [-0.2, -0.15) is 0 Å². The van der Waals surface area contributed by atoms with Crippen LogP contribution in [0.25, 0.3) is 0 Å². The number of hydrogen-bond donors (Lipinski definition) is 2. The average Bonchev–Trinajstić information content (AvgIpc) is 2.76. The Balaban J connectivity index is 2.05. The van der Waals surface area contributed by atoms with Crippen LogP contribution in [0.15, 0.2) is 12.1 Å². The first kappa shape index (κ1) is 14.2. The van der Waals surface area contributed by atoms with Gasteiger partial charge in [-0.05, 0) is 25.5 Å². The first-order chi connectivity index (χ1) is 9.13. The molecule has 1 aliphatic rings. The topological polar surface area (TPSA) is 50.7 Å². The quantitative estimate of drug-likeness (QED) is 0.824. The van der Waals surface area contributed by atoms with Crippen LogP contribution in [-0.2, 0) is 13.0 Å². The molecule has 4 heteroatoms. The monoisotopic (exact) mass is 265 g/mol. The van der Waals surface area contributed by atoms with E-state index >= 15 is 0 Å². The van der Waals surface area contributed by atoms with Gasteiger partial charge in [0.1, 0.15) is 17.6 Å². The third kappa shape index (κ3) is 3.39. The molecule has 2 unspecified atom stereocenters. The molecule has 2 rings (SSSR count). The fourth-order valence-corrected chi connectivity index (χ4v) is 2.33. The van der Waals surface area contributed by atoms with Gasteiger partial charge in [0.15, 0.2) is 0 Å². The van der Waals surface area contributed by atoms with Gasteiger partial charge < -0.3 is 19.9 Å². The molecule has 0 aromatic heterocycles. The summed E-state index contributed by atoms with van der Waals surface area (Å²) < 4.78 is 11.2. The van der Waals surface area contributed by atoms with Crippen LogP contribution in [0.3, 0.4) is 0 Å². The molecule has 2 N–H and O–H groups in total. The molecule has 1 aromatic rings. The molecule has 0 aliphatic carbocycles. The molecule has 0 saturated heterocycles. The SMILES string of the molecule is CCC(O)CNCc1cc2c(cc1OC)CC(C)O2. The molecule has 4 nitrogen and oxygen atoms in total. The number of aliphatic hydroxyl groups is 1. The summed E-state index contributed by atoms with van der Waals surface area (Å²) in [5.74, 6) is 1.84. The second kappa shape index (κ2) is 6.26. The zero-order valence-electron chi connectivity index (χ0n) is 11.9. The summed E-state index contributed by atoms with van der Waals surface area (Å²) in [4.78, 5) is 0. The van der Waals surface area contributed by atoms with Crippen LogP contribution >= 0.6 is 0 Å². The highest BCUT2D eigenvalue weighted by molar-refractivity contribution is 5.48. The fourth-order valence-electron chi connectivity index (χ4n) is 2.33. The van der Waals surface area contributed by atoms with Crippen molar-refractivity contribution in [3.05, 3.63) is 23.3 Å². The van der Waals surface area contributed by atoms with Crippen molar-refractivity contribution in [1.29, 1.82) is 0 Å². The van der Waals surface area contributed by atoms with Crippen molar-refractivity contribution in [2.75, 3.05) is 13.7 Å². The lowest BCUT2D eigenvalue weighted by atomic mass is 10.1. The summed E-state index contributed by atoms with van der Waals surface area (Å²) in [6.07, 6.45) is 1.64. The van der Waals surface area contributed by atoms with Crippen molar-refractivity contribution >= 4 is 0 Å². The Morgan fingerprint density at radius 2 is 2.32 bits per heavy atom. The van der Waals surface area contributed by atoms with E-state index in [1.165, 1.54) is 5.56 Å². The van der Waals surface area contributed by atoms with E-state index in [9.17, 15) is 5.11 Å². The highest BCUT2D eigenvalue weighted by Crippen LogP contribution is 2.34. The second-order valence-corrected chi connectivity index (χ2v) is 5.10.